The average molecular weight is 469 g/mol. The topological polar surface area (TPSA) is 99.3 Å². The Morgan fingerprint density at radius 1 is 1.26 bits per heavy atom. The second-order valence-electron chi connectivity index (χ2n) is 9.58. The van der Waals surface area contributed by atoms with Crippen LogP contribution in [-0.2, 0) is 16.6 Å². The standard InChI is InChI=1S/C28H28N4O3/c1-18(2)35-25-7-6-19(14-20(25)16-29)24-9-11-30-27(31-24)22-4-3-5-23-21(22)8-10-28(23)15-26(34)32(17-28)12-13-33/h3-7,9,11,14,18,33H,8,10,12-13,15,17H2,1-2H3. The molecule has 178 valence electrons. The monoisotopic (exact) mass is 468 g/mol. The molecule has 0 radical (unpaired) electrons. The SMILES string of the molecule is CC(C)Oc1ccc(-c2ccnc(-c3cccc4c3CCC43CC(=O)N(CCO)C3)n2)cc1C#N. The summed E-state index contributed by atoms with van der Waals surface area (Å²) in [5, 5.41) is 18.9. The molecule has 5 rings (SSSR count). The van der Waals surface area contributed by atoms with Crippen LogP contribution in [0.4, 0.5) is 0 Å². The number of fused-ring (bicyclic) bond motifs is 2. The van der Waals surface area contributed by atoms with Crippen LogP contribution in [0.2, 0.25) is 0 Å². The fraction of sp³-hybridized carbons (Fsp3) is 0.357. The van der Waals surface area contributed by atoms with Crippen molar-refractivity contribution in [2.75, 3.05) is 19.7 Å². The van der Waals surface area contributed by atoms with Crippen LogP contribution in [-0.4, -0.2) is 51.7 Å². The number of nitriles is 1. The summed E-state index contributed by atoms with van der Waals surface area (Å²) in [6, 6.07) is 15.8. The van der Waals surface area contributed by atoms with E-state index in [0.717, 1.165) is 29.7 Å². The Morgan fingerprint density at radius 2 is 2.11 bits per heavy atom. The minimum Gasteiger partial charge on any atom is -0.490 e. The Balaban J connectivity index is 1.50. The normalized spacial score (nSPS) is 18.8. The molecule has 1 unspecified atom stereocenters. The molecular formula is C28H28N4O3. The number of aliphatic hydroxyl groups excluding tert-OH is 1. The Hall–Kier alpha value is -3.76. The minimum atomic E-state index is -0.205. The van der Waals surface area contributed by atoms with Crippen molar-refractivity contribution >= 4 is 5.91 Å². The Labute approximate surface area is 205 Å². The van der Waals surface area contributed by atoms with Crippen LogP contribution in [0.5, 0.6) is 5.75 Å². The van der Waals surface area contributed by atoms with Crippen molar-refractivity contribution in [2.45, 2.75) is 44.6 Å². The summed E-state index contributed by atoms with van der Waals surface area (Å²) in [7, 11) is 0. The van der Waals surface area contributed by atoms with Gasteiger partial charge in [-0.15, -0.1) is 0 Å². The van der Waals surface area contributed by atoms with E-state index in [9.17, 15) is 15.2 Å². The van der Waals surface area contributed by atoms with Gasteiger partial charge in [-0.3, -0.25) is 4.79 Å². The van der Waals surface area contributed by atoms with Gasteiger partial charge in [-0.25, -0.2) is 9.97 Å². The number of amides is 1. The second-order valence-corrected chi connectivity index (χ2v) is 9.58. The first kappa shape index (κ1) is 23.0. The molecule has 1 aliphatic heterocycles. The van der Waals surface area contributed by atoms with E-state index in [0.29, 0.717) is 36.6 Å². The lowest BCUT2D eigenvalue weighted by Gasteiger charge is -2.25. The summed E-state index contributed by atoms with van der Waals surface area (Å²) in [6.45, 7) is 4.87. The molecule has 2 aliphatic rings. The van der Waals surface area contributed by atoms with Gasteiger partial charge in [0.25, 0.3) is 0 Å². The fourth-order valence-corrected chi connectivity index (χ4v) is 5.43. The first-order chi connectivity index (χ1) is 16.9. The first-order valence-electron chi connectivity index (χ1n) is 12.0. The van der Waals surface area contributed by atoms with Gasteiger partial charge in [0, 0.05) is 42.2 Å². The molecule has 1 atom stereocenters. The number of hydrogen-bond donors (Lipinski definition) is 1. The Bertz CT molecular complexity index is 1330. The number of hydrogen-bond acceptors (Lipinski definition) is 6. The van der Waals surface area contributed by atoms with Crippen molar-refractivity contribution in [3.8, 4) is 34.5 Å². The summed E-state index contributed by atoms with van der Waals surface area (Å²) in [5.74, 6) is 1.30. The first-order valence-corrected chi connectivity index (χ1v) is 12.0. The fourth-order valence-electron chi connectivity index (χ4n) is 5.43. The molecule has 7 heteroatoms. The summed E-state index contributed by atoms with van der Waals surface area (Å²) < 4.78 is 5.75. The Kier molecular flexibility index (Phi) is 6.00. The number of aliphatic hydroxyl groups is 1. The van der Waals surface area contributed by atoms with Gasteiger partial charge >= 0.3 is 0 Å². The van der Waals surface area contributed by atoms with Crippen LogP contribution in [0.15, 0.2) is 48.7 Å². The van der Waals surface area contributed by atoms with Gasteiger partial charge in [-0.1, -0.05) is 18.2 Å². The molecule has 2 heterocycles. The number of carbonyl (C=O) groups excluding carboxylic acids is 1. The summed E-state index contributed by atoms with van der Waals surface area (Å²) in [5.41, 5.74) is 5.20. The Morgan fingerprint density at radius 3 is 2.89 bits per heavy atom. The van der Waals surface area contributed by atoms with Crippen molar-refractivity contribution in [1.82, 2.24) is 14.9 Å². The van der Waals surface area contributed by atoms with Gasteiger partial charge in [-0.05, 0) is 62.1 Å². The number of β-amino-alcohol motifs (C(OH)–C–C–N with tert-alkyl or cyclic N) is 1. The number of benzene rings is 2. The number of ether oxygens (including phenoxy) is 1. The van der Waals surface area contributed by atoms with Crippen LogP contribution in [0.25, 0.3) is 22.6 Å². The summed E-state index contributed by atoms with van der Waals surface area (Å²) in [4.78, 5) is 23.8. The lowest BCUT2D eigenvalue weighted by molar-refractivity contribution is -0.128. The third-order valence-corrected chi connectivity index (χ3v) is 6.96. The predicted octanol–water partition coefficient (Wildman–Crippen LogP) is 3.88. The number of likely N-dealkylation sites (tertiary alicyclic amines) is 1. The van der Waals surface area contributed by atoms with E-state index in [-0.39, 0.29) is 24.0 Å². The molecule has 2 aromatic carbocycles. The zero-order chi connectivity index (χ0) is 24.6. The average Bonchev–Trinajstić information content (AvgIpc) is 3.38. The van der Waals surface area contributed by atoms with Gasteiger partial charge in [0.15, 0.2) is 5.82 Å². The molecule has 0 saturated carbocycles. The van der Waals surface area contributed by atoms with Gasteiger partial charge in [-0.2, -0.15) is 5.26 Å². The van der Waals surface area contributed by atoms with Crippen LogP contribution in [0.3, 0.4) is 0 Å². The second kappa shape index (κ2) is 9.12. The third kappa shape index (κ3) is 4.15. The molecule has 1 N–H and O–H groups in total. The van der Waals surface area contributed by atoms with Crippen molar-refractivity contribution < 1.29 is 14.6 Å². The van der Waals surface area contributed by atoms with Gasteiger partial charge < -0.3 is 14.7 Å². The van der Waals surface area contributed by atoms with E-state index in [1.807, 2.05) is 44.2 Å². The van der Waals surface area contributed by atoms with E-state index >= 15 is 0 Å². The van der Waals surface area contributed by atoms with E-state index in [4.69, 9.17) is 9.72 Å². The predicted molar refractivity (Wildman–Crippen MR) is 132 cm³/mol. The van der Waals surface area contributed by atoms with Gasteiger partial charge in [0.05, 0.1) is 24.0 Å². The molecule has 1 aliphatic carbocycles. The van der Waals surface area contributed by atoms with Gasteiger partial charge in [0.2, 0.25) is 5.91 Å². The molecule has 1 spiro atoms. The zero-order valence-electron chi connectivity index (χ0n) is 20.0. The van der Waals surface area contributed by atoms with E-state index in [1.165, 1.54) is 11.1 Å². The summed E-state index contributed by atoms with van der Waals surface area (Å²) in [6.07, 6.45) is 3.96. The molecule has 3 aromatic rings. The maximum absolute atomic E-state index is 12.6. The molecule has 1 fully saturated rings. The number of aromatic nitrogens is 2. The minimum absolute atomic E-state index is 0.0204. The van der Waals surface area contributed by atoms with Crippen molar-refractivity contribution in [2.24, 2.45) is 0 Å². The maximum Gasteiger partial charge on any atom is 0.223 e. The van der Waals surface area contributed by atoms with Crippen molar-refractivity contribution in [3.05, 3.63) is 65.4 Å². The molecule has 1 amide bonds. The number of carbonyl (C=O) groups is 1. The van der Waals surface area contributed by atoms with Crippen molar-refractivity contribution in [3.63, 3.8) is 0 Å². The molecule has 1 saturated heterocycles. The highest BCUT2D eigenvalue weighted by atomic mass is 16.5. The smallest absolute Gasteiger partial charge is 0.223 e. The molecule has 1 aromatic heterocycles. The lowest BCUT2D eigenvalue weighted by atomic mass is 9.80. The highest BCUT2D eigenvalue weighted by Gasteiger charge is 2.48. The van der Waals surface area contributed by atoms with Crippen molar-refractivity contribution in [1.29, 1.82) is 5.26 Å². The lowest BCUT2D eigenvalue weighted by Crippen LogP contribution is -2.32. The van der Waals surface area contributed by atoms with Gasteiger partial charge in [0.1, 0.15) is 11.8 Å². The van der Waals surface area contributed by atoms with Crippen LogP contribution >= 0.6 is 0 Å². The van der Waals surface area contributed by atoms with Crippen LogP contribution in [0, 0.1) is 11.3 Å². The van der Waals surface area contributed by atoms with Crippen LogP contribution < -0.4 is 4.74 Å². The zero-order valence-corrected chi connectivity index (χ0v) is 20.0. The molecule has 0 bridgehead atoms. The quantitative estimate of drug-likeness (QED) is 0.589. The molecular weight excluding hydrogens is 440 g/mol. The van der Waals surface area contributed by atoms with E-state index in [1.54, 1.807) is 17.2 Å². The van der Waals surface area contributed by atoms with Crippen LogP contribution in [0.1, 0.15) is 43.4 Å². The molecule has 7 nitrogen and oxygen atoms in total. The number of nitrogens with zero attached hydrogens (tertiary/aromatic N) is 4. The third-order valence-electron chi connectivity index (χ3n) is 6.96. The molecule has 35 heavy (non-hydrogen) atoms. The highest BCUT2D eigenvalue weighted by molar-refractivity contribution is 5.82. The summed E-state index contributed by atoms with van der Waals surface area (Å²) >= 11 is 0. The van der Waals surface area contributed by atoms with E-state index in [2.05, 4.69) is 17.1 Å². The van der Waals surface area contributed by atoms with E-state index < -0.39 is 0 Å². The highest BCUT2D eigenvalue weighted by Crippen LogP contribution is 2.48. The largest absolute Gasteiger partial charge is 0.490 e. The number of rotatable bonds is 6. The maximum atomic E-state index is 12.6.